The van der Waals surface area contributed by atoms with E-state index in [1.54, 1.807) is 0 Å². The monoisotopic (exact) mass is 430 g/mol. The van der Waals surface area contributed by atoms with Crippen LogP contribution in [0, 0.1) is 0 Å². The predicted octanol–water partition coefficient (Wildman–Crippen LogP) is 3.08. The number of para-hydroxylation sites is 1. The molecule has 0 unspecified atom stereocenters. The molecule has 6 heteroatoms. The highest BCUT2D eigenvalue weighted by molar-refractivity contribution is 14.0. The summed E-state index contributed by atoms with van der Waals surface area (Å²) < 4.78 is 0. The second-order valence-corrected chi connectivity index (χ2v) is 6.53. The van der Waals surface area contributed by atoms with E-state index in [1.165, 1.54) is 16.5 Å². The topological polar surface area (TPSA) is 57.4 Å². The molecule has 0 spiro atoms. The molecule has 0 saturated carbocycles. The van der Waals surface area contributed by atoms with Gasteiger partial charge in [0.1, 0.15) is 0 Å². The minimum Gasteiger partial charge on any atom is -0.370 e. The zero-order valence-electron chi connectivity index (χ0n) is 12.6. The summed E-state index contributed by atoms with van der Waals surface area (Å²) in [6.07, 6.45) is 4.18. The minimum atomic E-state index is 0. The van der Waals surface area contributed by atoms with Gasteiger partial charge in [0.25, 0.3) is 0 Å². The number of thioether (sulfide) groups is 1. The molecule has 0 bridgehead atoms. The average Bonchev–Trinajstić information content (AvgIpc) is 2.95. The fourth-order valence-electron chi connectivity index (χ4n) is 2.69. The van der Waals surface area contributed by atoms with Crippen LogP contribution in [0.4, 0.5) is 0 Å². The summed E-state index contributed by atoms with van der Waals surface area (Å²) >= 11 is 1.99. The van der Waals surface area contributed by atoms with Crippen molar-refractivity contribution in [3.63, 3.8) is 0 Å². The van der Waals surface area contributed by atoms with E-state index in [2.05, 4.69) is 45.3 Å². The van der Waals surface area contributed by atoms with Crippen LogP contribution in [0.5, 0.6) is 0 Å². The van der Waals surface area contributed by atoms with Gasteiger partial charge in [0, 0.05) is 48.2 Å². The maximum Gasteiger partial charge on any atom is 0.191 e. The van der Waals surface area contributed by atoms with Crippen LogP contribution in [-0.2, 0) is 6.42 Å². The molecule has 0 aliphatic carbocycles. The maximum absolute atomic E-state index is 6.06. The van der Waals surface area contributed by atoms with E-state index in [-0.39, 0.29) is 24.0 Å². The number of hydrogen-bond acceptors (Lipinski definition) is 2. The number of aromatic amines is 1. The zero-order valence-corrected chi connectivity index (χ0v) is 15.8. The van der Waals surface area contributed by atoms with Gasteiger partial charge in [0.2, 0.25) is 0 Å². The van der Waals surface area contributed by atoms with Crippen LogP contribution in [0.3, 0.4) is 0 Å². The van der Waals surface area contributed by atoms with Crippen molar-refractivity contribution >= 4 is 52.6 Å². The van der Waals surface area contributed by atoms with E-state index < -0.39 is 0 Å². The molecule has 0 atom stereocenters. The van der Waals surface area contributed by atoms with Crippen LogP contribution in [0.2, 0.25) is 0 Å². The summed E-state index contributed by atoms with van der Waals surface area (Å²) in [4.78, 5) is 10.0. The Labute approximate surface area is 152 Å². The first-order valence-electron chi connectivity index (χ1n) is 7.52. The number of halogens is 1. The second-order valence-electron chi connectivity index (χ2n) is 5.30. The third kappa shape index (κ3) is 4.32. The Hall–Kier alpha value is -0.890. The van der Waals surface area contributed by atoms with Gasteiger partial charge in [0.15, 0.2) is 5.96 Å². The molecule has 3 N–H and O–H groups in total. The number of nitrogens with zero attached hydrogens (tertiary/aromatic N) is 2. The summed E-state index contributed by atoms with van der Waals surface area (Å²) in [6.45, 7) is 2.86. The Bertz CT molecular complexity index is 619. The van der Waals surface area contributed by atoms with Gasteiger partial charge in [-0.15, -0.1) is 24.0 Å². The van der Waals surface area contributed by atoms with Gasteiger partial charge in [-0.1, -0.05) is 18.2 Å². The summed E-state index contributed by atoms with van der Waals surface area (Å²) in [5.41, 5.74) is 8.64. The molecule has 0 amide bonds. The van der Waals surface area contributed by atoms with E-state index in [9.17, 15) is 0 Å². The molecule has 2 aromatic rings. The lowest BCUT2D eigenvalue weighted by Crippen LogP contribution is -2.42. The van der Waals surface area contributed by atoms with Crippen molar-refractivity contribution in [2.24, 2.45) is 10.7 Å². The number of aliphatic imine (C=N–C) groups is 1. The maximum atomic E-state index is 6.06. The Kier molecular flexibility index (Phi) is 6.88. The highest BCUT2D eigenvalue weighted by Gasteiger charge is 2.11. The number of fused-ring (bicyclic) bond motifs is 1. The predicted molar refractivity (Wildman–Crippen MR) is 107 cm³/mol. The third-order valence-electron chi connectivity index (χ3n) is 3.89. The molecule has 0 radical (unpaired) electrons. The molecule has 22 heavy (non-hydrogen) atoms. The summed E-state index contributed by atoms with van der Waals surface area (Å²) in [5, 5.41) is 1.32. The van der Waals surface area contributed by atoms with Crippen LogP contribution in [0.1, 0.15) is 12.0 Å². The normalized spacial score (nSPS) is 15.8. The van der Waals surface area contributed by atoms with Gasteiger partial charge < -0.3 is 15.6 Å². The molecule has 2 heterocycles. The number of aromatic nitrogens is 1. The number of rotatable bonds is 4. The van der Waals surface area contributed by atoms with Crippen LogP contribution in [-0.4, -0.2) is 47.0 Å². The zero-order chi connectivity index (χ0) is 14.5. The van der Waals surface area contributed by atoms with Crippen molar-refractivity contribution in [1.82, 2.24) is 9.88 Å². The Morgan fingerprint density at radius 1 is 1.27 bits per heavy atom. The lowest BCUT2D eigenvalue weighted by Gasteiger charge is -2.27. The van der Waals surface area contributed by atoms with Crippen molar-refractivity contribution in [2.75, 3.05) is 31.1 Å². The lowest BCUT2D eigenvalue weighted by molar-refractivity contribution is 0.455. The molecule has 1 aliphatic heterocycles. The van der Waals surface area contributed by atoms with E-state index in [1.807, 2.05) is 11.8 Å². The van der Waals surface area contributed by atoms with Gasteiger partial charge >= 0.3 is 0 Å². The van der Waals surface area contributed by atoms with E-state index in [0.717, 1.165) is 44.0 Å². The fourth-order valence-corrected chi connectivity index (χ4v) is 3.60. The highest BCUT2D eigenvalue weighted by atomic mass is 127. The molecule has 1 saturated heterocycles. The quantitative estimate of drug-likeness (QED) is 0.339. The van der Waals surface area contributed by atoms with Crippen molar-refractivity contribution in [2.45, 2.75) is 12.8 Å². The van der Waals surface area contributed by atoms with Gasteiger partial charge in [-0.05, 0) is 24.5 Å². The van der Waals surface area contributed by atoms with E-state index in [0.29, 0.717) is 5.96 Å². The van der Waals surface area contributed by atoms with Gasteiger partial charge in [0.05, 0.1) is 0 Å². The molecule has 1 aliphatic rings. The number of H-pyrrole nitrogens is 1. The first kappa shape index (κ1) is 17.5. The molecule has 3 rings (SSSR count). The highest BCUT2D eigenvalue weighted by Crippen LogP contribution is 2.18. The number of guanidine groups is 1. The SMILES string of the molecule is I.NC(=NCCCc1c[nH]c2ccccc12)N1CCSCC1. The van der Waals surface area contributed by atoms with E-state index in [4.69, 9.17) is 5.73 Å². The average molecular weight is 430 g/mol. The fraction of sp³-hybridized carbons (Fsp3) is 0.438. The number of aryl methyl sites for hydroxylation is 1. The third-order valence-corrected chi connectivity index (χ3v) is 4.83. The van der Waals surface area contributed by atoms with Crippen LogP contribution < -0.4 is 5.73 Å². The summed E-state index contributed by atoms with van der Waals surface area (Å²) in [5.74, 6) is 3.03. The van der Waals surface area contributed by atoms with Crippen molar-refractivity contribution in [3.8, 4) is 0 Å². The molecule has 4 nitrogen and oxygen atoms in total. The smallest absolute Gasteiger partial charge is 0.191 e. The first-order chi connectivity index (χ1) is 10.3. The van der Waals surface area contributed by atoms with E-state index >= 15 is 0 Å². The van der Waals surface area contributed by atoms with Gasteiger partial charge in [-0.2, -0.15) is 11.8 Å². The van der Waals surface area contributed by atoms with Crippen LogP contribution in [0.25, 0.3) is 10.9 Å². The minimum absolute atomic E-state index is 0. The van der Waals surface area contributed by atoms with Crippen LogP contribution >= 0.6 is 35.7 Å². The van der Waals surface area contributed by atoms with Crippen LogP contribution in [0.15, 0.2) is 35.5 Å². The Morgan fingerprint density at radius 3 is 2.86 bits per heavy atom. The number of nitrogens with one attached hydrogen (secondary N) is 1. The number of hydrogen-bond donors (Lipinski definition) is 2. The molecule has 1 fully saturated rings. The molecule has 1 aromatic carbocycles. The second kappa shape index (κ2) is 8.67. The largest absolute Gasteiger partial charge is 0.370 e. The Morgan fingerprint density at radius 2 is 2.05 bits per heavy atom. The first-order valence-corrected chi connectivity index (χ1v) is 8.67. The lowest BCUT2D eigenvalue weighted by atomic mass is 10.1. The number of benzene rings is 1. The molecule has 1 aromatic heterocycles. The molecular formula is C16H23IN4S. The van der Waals surface area contributed by atoms with Gasteiger partial charge in [-0.3, -0.25) is 4.99 Å². The molecule has 120 valence electrons. The summed E-state index contributed by atoms with van der Waals surface area (Å²) in [7, 11) is 0. The molecular weight excluding hydrogens is 407 g/mol. The number of nitrogens with two attached hydrogens (primary N) is 1. The van der Waals surface area contributed by atoms with Crippen molar-refractivity contribution < 1.29 is 0 Å². The van der Waals surface area contributed by atoms with Crippen molar-refractivity contribution in [1.29, 1.82) is 0 Å². The van der Waals surface area contributed by atoms with Crippen molar-refractivity contribution in [3.05, 3.63) is 36.0 Å². The summed E-state index contributed by atoms with van der Waals surface area (Å²) in [6, 6.07) is 8.43. The van der Waals surface area contributed by atoms with Gasteiger partial charge in [-0.25, -0.2) is 0 Å². The Balaban J connectivity index is 0.00000176. The standard InChI is InChI=1S/C16H22N4S.HI/c17-16(20-8-10-21-11-9-20)18-7-3-4-13-12-19-15-6-2-1-5-14(13)15;/h1-2,5-6,12,19H,3-4,7-11H2,(H2,17,18);1H.